The van der Waals surface area contributed by atoms with Gasteiger partial charge < -0.3 is 0 Å². The van der Waals surface area contributed by atoms with Crippen molar-refractivity contribution >= 4 is 25.7 Å². The van der Waals surface area contributed by atoms with E-state index in [9.17, 15) is 9.00 Å². The van der Waals surface area contributed by atoms with Crippen LogP contribution in [-0.4, -0.2) is 14.3 Å². The first-order valence-electron chi connectivity index (χ1n) is 2.88. The molecule has 0 aromatic carbocycles. The van der Waals surface area contributed by atoms with Crippen LogP contribution in [0.1, 0.15) is 10.5 Å². The van der Waals surface area contributed by atoms with Crippen LogP contribution < -0.4 is 0 Å². The summed E-state index contributed by atoms with van der Waals surface area (Å²) in [7, 11) is -0.403. The summed E-state index contributed by atoms with van der Waals surface area (Å²) >= 11 is 0. The average molecular weight is 185 g/mol. The first-order valence-corrected chi connectivity index (χ1v) is 5.37. The summed E-state index contributed by atoms with van der Waals surface area (Å²) in [6.45, 7) is 0. The fourth-order valence-corrected chi connectivity index (χ4v) is 3.18. The van der Waals surface area contributed by atoms with Crippen molar-refractivity contribution in [1.82, 2.24) is 4.98 Å². The third-order valence-electron chi connectivity index (χ3n) is 1.29. The molecule has 2 rings (SSSR count). The van der Waals surface area contributed by atoms with Gasteiger partial charge in [0.25, 0.3) is 5.12 Å². The Labute approximate surface area is 69.1 Å². The minimum absolute atomic E-state index is 0.195. The van der Waals surface area contributed by atoms with Crippen LogP contribution in [-0.2, 0) is 9.83 Å². The fraction of sp³-hybridized carbons (Fsp3) is 0. The number of carbonyl (C=O) groups excluding carboxylic acids is 1. The zero-order valence-electron chi connectivity index (χ0n) is 5.31. The lowest BCUT2D eigenvalue weighted by atomic mass is 10.4. The number of hydrogen-bond donors (Lipinski definition) is 0. The summed E-state index contributed by atoms with van der Waals surface area (Å²) < 4.78 is 11.1. The molecule has 0 aliphatic carbocycles. The molecule has 1 aliphatic rings. The van der Waals surface area contributed by atoms with Gasteiger partial charge in [-0.05, 0) is 12.1 Å². The molecule has 0 spiro atoms. The maximum absolute atomic E-state index is 11.1. The maximum Gasteiger partial charge on any atom is 0.252 e. The minimum atomic E-state index is -1.22. The fourth-order valence-electron chi connectivity index (χ4n) is 0.831. The second-order valence-corrected chi connectivity index (χ2v) is 4.81. The van der Waals surface area contributed by atoms with E-state index < -0.39 is 9.83 Å². The number of pyridine rings is 1. The van der Waals surface area contributed by atoms with Crippen molar-refractivity contribution in [2.45, 2.75) is 4.90 Å². The van der Waals surface area contributed by atoms with Gasteiger partial charge in [0, 0.05) is 17.0 Å². The summed E-state index contributed by atoms with van der Waals surface area (Å²) in [5.41, 5.74) is 0.343. The quantitative estimate of drug-likeness (QED) is 0.565. The monoisotopic (exact) mass is 185 g/mol. The number of nitrogens with zero attached hydrogens (tertiary/aromatic N) is 1. The normalized spacial score (nSPS) is 21.8. The smallest absolute Gasteiger partial charge is 0.252 e. The van der Waals surface area contributed by atoms with Crippen molar-refractivity contribution in [3.05, 3.63) is 24.0 Å². The number of carbonyl (C=O) groups is 1. The predicted molar refractivity (Wildman–Crippen MR) is 42.6 cm³/mol. The standard InChI is InChI=1S/C6H3NO2S2/c8-6-5-4(11(9)10-6)2-1-3-7-5/h1-3H. The molecule has 0 N–H and O–H groups in total. The van der Waals surface area contributed by atoms with E-state index in [1.807, 2.05) is 0 Å². The Hall–Kier alpha value is -0.680. The van der Waals surface area contributed by atoms with Crippen molar-refractivity contribution in [3.63, 3.8) is 0 Å². The molecule has 2 heterocycles. The molecule has 0 bridgehead atoms. The van der Waals surface area contributed by atoms with Gasteiger partial charge in [0.15, 0.2) is 0 Å². The molecule has 5 heteroatoms. The van der Waals surface area contributed by atoms with Gasteiger partial charge in [-0.15, -0.1) is 0 Å². The van der Waals surface area contributed by atoms with E-state index in [0.29, 0.717) is 10.6 Å². The van der Waals surface area contributed by atoms with Gasteiger partial charge in [0.05, 0.1) is 4.90 Å². The van der Waals surface area contributed by atoms with Gasteiger partial charge in [0.2, 0.25) is 0 Å². The minimum Gasteiger partial charge on any atom is -0.279 e. The van der Waals surface area contributed by atoms with Crippen LogP contribution in [0.2, 0.25) is 0 Å². The van der Waals surface area contributed by atoms with Crippen molar-refractivity contribution in [2.24, 2.45) is 0 Å². The van der Waals surface area contributed by atoms with Crippen LogP contribution in [0, 0.1) is 0 Å². The van der Waals surface area contributed by atoms with Crippen LogP contribution in [0.15, 0.2) is 23.2 Å². The van der Waals surface area contributed by atoms with Crippen molar-refractivity contribution in [3.8, 4) is 0 Å². The number of rotatable bonds is 0. The van der Waals surface area contributed by atoms with E-state index in [-0.39, 0.29) is 5.12 Å². The second-order valence-electron chi connectivity index (χ2n) is 1.96. The molecule has 1 aromatic rings. The van der Waals surface area contributed by atoms with E-state index in [1.54, 1.807) is 12.1 Å². The van der Waals surface area contributed by atoms with Gasteiger partial charge in [0.1, 0.15) is 15.5 Å². The molecule has 0 fully saturated rings. The Kier molecular flexibility index (Phi) is 1.54. The lowest BCUT2D eigenvalue weighted by Gasteiger charge is -1.88. The molecule has 1 aliphatic heterocycles. The topological polar surface area (TPSA) is 47.0 Å². The summed E-state index contributed by atoms with van der Waals surface area (Å²) in [5, 5.41) is -0.195. The Morgan fingerprint density at radius 2 is 2.36 bits per heavy atom. The highest BCUT2D eigenvalue weighted by Gasteiger charge is 2.28. The van der Waals surface area contributed by atoms with Crippen LogP contribution in [0.5, 0.6) is 0 Å². The Morgan fingerprint density at radius 1 is 1.55 bits per heavy atom. The lowest BCUT2D eigenvalue weighted by molar-refractivity contribution is 0.108. The SMILES string of the molecule is O=C1SS(=O)c2cccnc21. The number of hydrogen-bond acceptors (Lipinski definition) is 4. The molecule has 1 unspecified atom stereocenters. The molecule has 0 saturated carbocycles. The Balaban J connectivity index is 2.69. The van der Waals surface area contributed by atoms with Crippen LogP contribution in [0.3, 0.4) is 0 Å². The van der Waals surface area contributed by atoms with Crippen molar-refractivity contribution in [1.29, 1.82) is 0 Å². The van der Waals surface area contributed by atoms with Crippen molar-refractivity contribution < 1.29 is 9.00 Å². The third kappa shape index (κ3) is 1.00. The molecule has 3 nitrogen and oxygen atoms in total. The van der Waals surface area contributed by atoms with Crippen molar-refractivity contribution in [2.75, 3.05) is 0 Å². The Morgan fingerprint density at radius 3 is 3.09 bits per heavy atom. The summed E-state index contributed by atoms with van der Waals surface area (Å²) in [6, 6.07) is 3.34. The first-order chi connectivity index (χ1) is 5.29. The van der Waals surface area contributed by atoms with E-state index in [2.05, 4.69) is 4.98 Å². The molecule has 1 aromatic heterocycles. The first kappa shape index (κ1) is 7.00. The molecule has 1 atom stereocenters. The molecule has 0 amide bonds. The summed E-state index contributed by atoms with van der Waals surface area (Å²) in [5.74, 6) is 0. The zero-order valence-corrected chi connectivity index (χ0v) is 6.95. The number of aromatic nitrogens is 1. The summed E-state index contributed by atoms with van der Waals surface area (Å²) in [6.07, 6.45) is 1.53. The number of fused-ring (bicyclic) bond motifs is 1. The van der Waals surface area contributed by atoms with Crippen LogP contribution in [0.25, 0.3) is 0 Å². The van der Waals surface area contributed by atoms with Gasteiger partial charge in [-0.1, -0.05) is 0 Å². The zero-order chi connectivity index (χ0) is 7.84. The maximum atomic E-state index is 11.1. The molecule has 0 saturated heterocycles. The Bertz CT molecular complexity index is 317. The molecular formula is C6H3NO2S2. The molecule has 0 radical (unpaired) electrons. The van der Waals surface area contributed by atoms with E-state index in [4.69, 9.17) is 0 Å². The predicted octanol–water partition coefficient (Wildman–Crippen LogP) is 0.991. The highest BCUT2D eigenvalue weighted by molar-refractivity contribution is 8.76. The van der Waals surface area contributed by atoms with E-state index >= 15 is 0 Å². The van der Waals surface area contributed by atoms with E-state index in [0.717, 1.165) is 10.8 Å². The van der Waals surface area contributed by atoms with Gasteiger partial charge >= 0.3 is 0 Å². The average Bonchev–Trinajstić information content (AvgIpc) is 2.30. The van der Waals surface area contributed by atoms with Gasteiger partial charge in [-0.2, -0.15) is 0 Å². The highest BCUT2D eigenvalue weighted by atomic mass is 33.1. The van der Waals surface area contributed by atoms with Crippen LogP contribution in [0.4, 0.5) is 0 Å². The lowest BCUT2D eigenvalue weighted by Crippen LogP contribution is -1.91. The molecule has 11 heavy (non-hydrogen) atoms. The van der Waals surface area contributed by atoms with Gasteiger partial charge in [-0.25, -0.2) is 4.21 Å². The van der Waals surface area contributed by atoms with Crippen LogP contribution >= 0.6 is 10.8 Å². The van der Waals surface area contributed by atoms with E-state index in [1.165, 1.54) is 6.20 Å². The third-order valence-corrected chi connectivity index (χ3v) is 3.93. The second kappa shape index (κ2) is 2.42. The molecule has 56 valence electrons. The molecular weight excluding hydrogens is 182 g/mol. The largest absolute Gasteiger partial charge is 0.279 e. The van der Waals surface area contributed by atoms with Gasteiger partial charge in [-0.3, -0.25) is 9.78 Å². The summed E-state index contributed by atoms with van der Waals surface area (Å²) in [4.78, 5) is 15.4. The highest BCUT2D eigenvalue weighted by Crippen LogP contribution is 2.32.